The molecule has 0 bridgehead atoms. The summed E-state index contributed by atoms with van der Waals surface area (Å²) in [7, 11) is -3.60. The summed E-state index contributed by atoms with van der Waals surface area (Å²) in [5, 5.41) is 0.188. The van der Waals surface area contributed by atoms with Crippen LogP contribution < -0.4 is 10.5 Å². The van der Waals surface area contributed by atoms with Crippen molar-refractivity contribution >= 4 is 37.6 Å². The molecular weight excluding hydrogens is 328 g/mol. The summed E-state index contributed by atoms with van der Waals surface area (Å²) < 4.78 is 26.9. The molecule has 0 fully saturated rings. The molecule has 0 aliphatic carbocycles. The van der Waals surface area contributed by atoms with Gasteiger partial charge in [0.15, 0.2) is 0 Å². The minimum absolute atomic E-state index is 0.0487. The second-order valence-electron chi connectivity index (χ2n) is 3.71. The van der Waals surface area contributed by atoms with Crippen LogP contribution in [0.2, 0.25) is 5.02 Å². The van der Waals surface area contributed by atoms with E-state index in [1.165, 1.54) is 6.07 Å². The molecule has 7 heteroatoms. The van der Waals surface area contributed by atoms with E-state index in [1.807, 2.05) is 6.92 Å². The molecule has 0 heterocycles. The SMILES string of the molecule is CC(N)CCNS(=O)(=O)c1c(Cl)cccc1Br. The summed E-state index contributed by atoms with van der Waals surface area (Å²) in [6.45, 7) is 2.11. The summed E-state index contributed by atoms with van der Waals surface area (Å²) in [6, 6.07) is 4.79. The highest BCUT2D eigenvalue weighted by Crippen LogP contribution is 2.28. The van der Waals surface area contributed by atoms with Crippen molar-refractivity contribution < 1.29 is 8.42 Å². The Morgan fingerprint density at radius 1 is 1.53 bits per heavy atom. The van der Waals surface area contributed by atoms with E-state index in [0.29, 0.717) is 10.9 Å². The van der Waals surface area contributed by atoms with Gasteiger partial charge in [-0.2, -0.15) is 0 Å². The van der Waals surface area contributed by atoms with Crippen LogP contribution in [0.1, 0.15) is 13.3 Å². The number of nitrogens with two attached hydrogens (primary N) is 1. The lowest BCUT2D eigenvalue weighted by Crippen LogP contribution is -2.29. The lowest BCUT2D eigenvalue weighted by Gasteiger charge is -2.10. The fraction of sp³-hybridized carbons (Fsp3) is 0.400. The van der Waals surface area contributed by atoms with Gasteiger partial charge in [0, 0.05) is 17.1 Å². The Labute approximate surface area is 115 Å². The Kier molecular flexibility index (Phi) is 5.40. The third kappa shape index (κ3) is 4.22. The van der Waals surface area contributed by atoms with Gasteiger partial charge in [-0.05, 0) is 41.4 Å². The smallest absolute Gasteiger partial charge is 0.243 e. The molecule has 0 aromatic heterocycles. The normalized spacial score (nSPS) is 13.6. The Morgan fingerprint density at radius 3 is 2.71 bits per heavy atom. The molecule has 3 N–H and O–H groups in total. The number of nitrogens with one attached hydrogen (secondary N) is 1. The highest BCUT2D eigenvalue weighted by molar-refractivity contribution is 9.10. The molecule has 17 heavy (non-hydrogen) atoms. The van der Waals surface area contributed by atoms with Gasteiger partial charge in [0.05, 0.1) is 5.02 Å². The lowest BCUT2D eigenvalue weighted by molar-refractivity contribution is 0.571. The van der Waals surface area contributed by atoms with Crippen molar-refractivity contribution in [2.24, 2.45) is 5.73 Å². The number of sulfonamides is 1. The first-order valence-corrected chi connectivity index (χ1v) is 7.69. The molecule has 1 aromatic carbocycles. The lowest BCUT2D eigenvalue weighted by atomic mass is 10.3. The third-order valence-corrected chi connectivity index (χ3v) is 4.99. The second kappa shape index (κ2) is 6.15. The van der Waals surface area contributed by atoms with E-state index in [4.69, 9.17) is 17.3 Å². The first-order valence-electron chi connectivity index (χ1n) is 5.04. The van der Waals surface area contributed by atoms with E-state index in [9.17, 15) is 8.42 Å². The van der Waals surface area contributed by atoms with Crippen molar-refractivity contribution in [3.63, 3.8) is 0 Å². The van der Waals surface area contributed by atoms with Crippen LogP contribution in [0.3, 0.4) is 0 Å². The monoisotopic (exact) mass is 340 g/mol. The third-order valence-electron chi connectivity index (χ3n) is 2.08. The van der Waals surface area contributed by atoms with Crippen LogP contribution >= 0.6 is 27.5 Å². The van der Waals surface area contributed by atoms with Gasteiger partial charge in [0.1, 0.15) is 4.90 Å². The van der Waals surface area contributed by atoms with Crippen molar-refractivity contribution in [2.45, 2.75) is 24.3 Å². The molecule has 1 rings (SSSR count). The average Bonchev–Trinajstić information content (AvgIpc) is 2.15. The fourth-order valence-electron chi connectivity index (χ4n) is 1.23. The van der Waals surface area contributed by atoms with Crippen LogP contribution in [-0.2, 0) is 10.0 Å². The van der Waals surface area contributed by atoms with Crippen LogP contribution in [0.25, 0.3) is 0 Å². The molecule has 0 saturated heterocycles. The molecule has 96 valence electrons. The molecule has 1 unspecified atom stereocenters. The number of hydrogen-bond donors (Lipinski definition) is 2. The van der Waals surface area contributed by atoms with Crippen molar-refractivity contribution in [1.29, 1.82) is 0 Å². The summed E-state index contributed by atoms with van der Waals surface area (Å²) in [5.41, 5.74) is 5.55. The molecule has 1 atom stereocenters. The highest BCUT2D eigenvalue weighted by atomic mass is 79.9. The van der Waals surface area contributed by atoms with Crippen molar-refractivity contribution in [2.75, 3.05) is 6.54 Å². The molecule has 0 aliphatic rings. The van der Waals surface area contributed by atoms with Gasteiger partial charge >= 0.3 is 0 Å². The van der Waals surface area contributed by atoms with E-state index < -0.39 is 10.0 Å². The maximum atomic E-state index is 12.0. The van der Waals surface area contributed by atoms with Crippen molar-refractivity contribution in [3.05, 3.63) is 27.7 Å². The van der Waals surface area contributed by atoms with Gasteiger partial charge in [0.2, 0.25) is 10.0 Å². The van der Waals surface area contributed by atoms with Gasteiger partial charge < -0.3 is 5.73 Å². The summed E-state index contributed by atoms with van der Waals surface area (Å²) in [5.74, 6) is 0. The second-order valence-corrected chi connectivity index (χ2v) is 6.68. The Balaban J connectivity index is 2.90. The first-order chi connectivity index (χ1) is 7.84. The fourth-order valence-corrected chi connectivity index (χ4v) is 4.01. The van der Waals surface area contributed by atoms with Crippen molar-refractivity contribution in [3.8, 4) is 0 Å². The average molecular weight is 342 g/mol. The molecule has 0 spiro atoms. The molecule has 0 radical (unpaired) electrons. The summed E-state index contributed by atoms with van der Waals surface area (Å²) in [6.07, 6.45) is 0.571. The minimum atomic E-state index is -3.60. The Hall–Kier alpha value is -0.140. The topological polar surface area (TPSA) is 72.2 Å². The molecule has 4 nitrogen and oxygen atoms in total. The van der Waals surface area contributed by atoms with Crippen LogP contribution in [0.5, 0.6) is 0 Å². The molecule has 0 aliphatic heterocycles. The Morgan fingerprint density at radius 2 is 2.18 bits per heavy atom. The number of rotatable bonds is 5. The minimum Gasteiger partial charge on any atom is -0.328 e. The van der Waals surface area contributed by atoms with E-state index >= 15 is 0 Å². The van der Waals surface area contributed by atoms with Crippen LogP contribution in [0.4, 0.5) is 0 Å². The zero-order chi connectivity index (χ0) is 13.1. The van der Waals surface area contributed by atoms with E-state index in [2.05, 4.69) is 20.7 Å². The van der Waals surface area contributed by atoms with Crippen molar-refractivity contribution in [1.82, 2.24) is 4.72 Å². The van der Waals surface area contributed by atoms with E-state index in [-0.39, 0.29) is 22.5 Å². The highest BCUT2D eigenvalue weighted by Gasteiger charge is 2.20. The first kappa shape index (κ1) is 14.9. The zero-order valence-electron chi connectivity index (χ0n) is 9.28. The largest absolute Gasteiger partial charge is 0.328 e. The number of hydrogen-bond acceptors (Lipinski definition) is 3. The van der Waals surface area contributed by atoms with Crippen LogP contribution in [0, 0.1) is 0 Å². The summed E-state index contributed by atoms with van der Waals surface area (Å²) >= 11 is 9.06. The van der Waals surface area contributed by atoms with Crippen LogP contribution in [0.15, 0.2) is 27.6 Å². The van der Waals surface area contributed by atoms with Gasteiger partial charge in [-0.15, -0.1) is 0 Å². The number of benzene rings is 1. The van der Waals surface area contributed by atoms with Gasteiger partial charge in [-0.25, -0.2) is 13.1 Å². The predicted molar refractivity (Wildman–Crippen MR) is 72.6 cm³/mol. The molecular formula is C10H14BrClN2O2S. The predicted octanol–water partition coefficient (Wildman–Crippen LogP) is 2.12. The molecule has 0 amide bonds. The number of halogens is 2. The summed E-state index contributed by atoms with van der Waals surface area (Å²) in [4.78, 5) is 0.0614. The molecule has 0 saturated carbocycles. The van der Waals surface area contributed by atoms with Gasteiger partial charge in [-0.1, -0.05) is 17.7 Å². The van der Waals surface area contributed by atoms with Gasteiger partial charge in [0.25, 0.3) is 0 Å². The standard InChI is InChI=1S/C10H14BrClN2O2S/c1-7(13)5-6-14-17(15,16)10-8(11)3-2-4-9(10)12/h2-4,7,14H,5-6,13H2,1H3. The van der Waals surface area contributed by atoms with Gasteiger partial charge in [-0.3, -0.25) is 0 Å². The maximum absolute atomic E-state index is 12.0. The zero-order valence-corrected chi connectivity index (χ0v) is 12.4. The maximum Gasteiger partial charge on any atom is 0.243 e. The Bertz CT molecular complexity index is 471. The van der Waals surface area contributed by atoms with E-state index in [1.54, 1.807) is 12.1 Å². The molecule has 1 aromatic rings. The van der Waals surface area contributed by atoms with Crippen LogP contribution in [-0.4, -0.2) is 21.0 Å². The quantitative estimate of drug-likeness (QED) is 0.861. The van der Waals surface area contributed by atoms with E-state index in [0.717, 1.165) is 0 Å².